The molecular formula is C20H24N2O3. The second-order valence-corrected chi connectivity index (χ2v) is 6.15. The summed E-state index contributed by atoms with van der Waals surface area (Å²) < 4.78 is 10.7. The zero-order valence-electron chi connectivity index (χ0n) is 14.7. The second-order valence-electron chi connectivity index (χ2n) is 6.15. The molecule has 1 amide bonds. The normalized spacial score (nSPS) is 17.9. The zero-order valence-corrected chi connectivity index (χ0v) is 14.7. The highest BCUT2D eigenvalue weighted by molar-refractivity contribution is 5.80. The van der Waals surface area contributed by atoms with Gasteiger partial charge in [0, 0.05) is 25.5 Å². The number of nitrogens with zero attached hydrogens (tertiary/aromatic N) is 2. The van der Waals surface area contributed by atoms with Crippen LogP contribution in [0.3, 0.4) is 0 Å². The van der Waals surface area contributed by atoms with Crippen LogP contribution in [0.15, 0.2) is 48.8 Å². The van der Waals surface area contributed by atoms with Crippen LogP contribution < -0.4 is 4.74 Å². The minimum absolute atomic E-state index is 0.0580. The summed E-state index contributed by atoms with van der Waals surface area (Å²) in [4.78, 5) is 19.3. The Kier molecular flexibility index (Phi) is 5.66. The van der Waals surface area contributed by atoms with Crippen molar-refractivity contribution in [1.82, 2.24) is 9.88 Å². The average Bonchev–Trinajstić information content (AvgIpc) is 3.21. The molecule has 0 spiro atoms. The largest absolute Gasteiger partial charge is 0.497 e. The number of amides is 1. The van der Waals surface area contributed by atoms with E-state index in [4.69, 9.17) is 9.47 Å². The highest BCUT2D eigenvalue weighted by Gasteiger charge is 2.32. The van der Waals surface area contributed by atoms with Gasteiger partial charge in [0.15, 0.2) is 0 Å². The molecule has 1 aliphatic rings. The highest BCUT2D eigenvalue weighted by Crippen LogP contribution is 2.31. The molecule has 3 rings (SSSR count). The predicted molar refractivity (Wildman–Crippen MR) is 95.4 cm³/mol. The molecule has 0 saturated carbocycles. The topological polar surface area (TPSA) is 51.7 Å². The lowest BCUT2D eigenvalue weighted by atomic mass is 9.96. The fourth-order valence-corrected chi connectivity index (χ4v) is 3.31. The number of methoxy groups -OCH3 is 1. The van der Waals surface area contributed by atoms with Crippen LogP contribution in [-0.4, -0.2) is 42.7 Å². The molecule has 132 valence electrons. The Hall–Kier alpha value is -2.40. The number of carbonyl (C=O) groups is 1. The number of benzene rings is 1. The van der Waals surface area contributed by atoms with Gasteiger partial charge < -0.3 is 14.4 Å². The van der Waals surface area contributed by atoms with Gasteiger partial charge in [-0.15, -0.1) is 0 Å². The van der Waals surface area contributed by atoms with Gasteiger partial charge in [-0.25, -0.2) is 0 Å². The molecule has 25 heavy (non-hydrogen) atoms. The molecule has 5 nitrogen and oxygen atoms in total. The second kappa shape index (κ2) is 8.12. The van der Waals surface area contributed by atoms with Crippen molar-refractivity contribution in [2.75, 3.05) is 26.9 Å². The number of carbonyl (C=O) groups excluding carboxylic acids is 1. The summed E-state index contributed by atoms with van der Waals surface area (Å²) in [5.41, 5.74) is 2.05. The monoisotopic (exact) mass is 340 g/mol. The molecule has 1 aromatic carbocycles. The Balaban J connectivity index is 1.98. The van der Waals surface area contributed by atoms with Gasteiger partial charge >= 0.3 is 0 Å². The fourth-order valence-electron chi connectivity index (χ4n) is 3.31. The first-order valence-electron chi connectivity index (χ1n) is 8.66. The number of hydrogen-bond donors (Lipinski definition) is 0. The smallest absolute Gasteiger partial charge is 0.228 e. The van der Waals surface area contributed by atoms with Crippen LogP contribution >= 0.6 is 0 Å². The van der Waals surface area contributed by atoms with E-state index in [0.29, 0.717) is 19.8 Å². The third-order valence-electron chi connectivity index (χ3n) is 4.65. The van der Waals surface area contributed by atoms with E-state index in [2.05, 4.69) is 4.98 Å². The Bertz CT molecular complexity index is 682. The third-order valence-corrected chi connectivity index (χ3v) is 4.65. The van der Waals surface area contributed by atoms with Crippen molar-refractivity contribution in [3.63, 3.8) is 0 Å². The summed E-state index contributed by atoms with van der Waals surface area (Å²) in [5, 5.41) is 0. The van der Waals surface area contributed by atoms with Crippen LogP contribution in [0.1, 0.15) is 30.5 Å². The van der Waals surface area contributed by atoms with Crippen LogP contribution in [0.5, 0.6) is 5.75 Å². The van der Waals surface area contributed by atoms with E-state index in [1.165, 1.54) is 0 Å². The molecular weight excluding hydrogens is 316 g/mol. The van der Waals surface area contributed by atoms with Crippen molar-refractivity contribution >= 4 is 5.91 Å². The van der Waals surface area contributed by atoms with E-state index >= 15 is 0 Å². The zero-order chi connectivity index (χ0) is 17.6. The van der Waals surface area contributed by atoms with E-state index < -0.39 is 0 Å². The number of pyridine rings is 1. The van der Waals surface area contributed by atoms with Gasteiger partial charge in [-0.05, 0) is 42.7 Å². The quantitative estimate of drug-likeness (QED) is 0.811. The maximum Gasteiger partial charge on any atom is 0.228 e. The van der Waals surface area contributed by atoms with Crippen LogP contribution in [-0.2, 0) is 9.53 Å². The lowest BCUT2D eigenvalue weighted by molar-refractivity contribution is -0.137. The standard InChI is InChI=1S/C20H24N2O3/c1-3-22(20(23)17-10-12-25-14-17)19(16-5-4-11-21-13-16)15-6-8-18(24-2)9-7-15/h4-9,11,13,17,19H,3,10,12,14H2,1-2H3/t17-,19+/m1/s1. The van der Waals surface area contributed by atoms with E-state index in [-0.39, 0.29) is 17.9 Å². The van der Waals surface area contributed by atoms with Crippen molar-refractivity contribution in [3.8, 4) is 5.75 Å². The van der Waals surface area contributed by atoms with Gasteiger partial charge in [0.1, 0.15) is 5.75 Å². The Labute approximate surface area is 148 Å². The number of hydrogen-bond acceptors (Lipinski definition) is 4. The van der Waals surface area contributed by atoms with Gasteiger partial charge in [-0.3, -0.25) is 9.78 Å². The molecule has 0 aliphatic carbocycles. The van der Waals surface area contributed by atoms with Gasteiger partial charge in [0.05, 0.1) is 25.7 Å². The van der Waals surface area contributed by atoms with Crippen molar-refractivity contribution in [1.29, 1.82) is 0 Å². The summed E-state index contributed by atoms with van der Waals surface area (Å²) in [5.74, 6) is 0.884. The molecule has 2 atom stereocenters. The number of aromatic nitrogens is 1. The molecule has 1 aliphatic heterocycles. The first-order chi connectivity index (χ1) is 12.2. The maximum atomic E-state index is 13.1. The summed E-state index contributed by atoms with van der Waals surface area (Å²) in [6.45, 7) is 3.81. The van der Waals surface area contributed by atoms with Crippen LogP contribution in [0.4, 0.5) is 0 Å². The SMILES string of the molecule is CCN(C(=O)[C@@H]1CCOC1)[C@@H](c1ccc(OC)cc1)c1cccnc1. The molecule has 0 radical (unpaired) electrons. The molecule has 1 fully saturated rings. The van der Waals surface area contributed by atoms with Crippen LogP contribution in [0, 0.1) is 5.92 Å². The molecule has 1 aromatic heterocycles. The predicted octanol–water partition coefficient (Wildman–Crippen LogP) is 3.06. The molecule has 0 unspecified atom stereocenters. The van der Waals surface area contributed by atoms with Crippen molar-refractivity contribution < 1.29 is 14.3 Å². The summed E-state index contributed by atoms with van der Waals surface area (Å²) in [6, 6.07) is 11.6. The van der Waals surface area contributed by atoms with Crippen molar-refractivity contribution in [2.24, 2.45) is 5.92 Å². The van der Waals surface area contributed by atoms with Crippen LogP contribution in [0.2, 0.25) is 0 Å². The minimum Gasteiger partial charge on any atom is -0.497 e. The van der Waals surface area contributed by atoms with Gasteiger partial charge in [-0.1, -0.05) is 18.2 Å². The Morgan fingerprint density at radius 3 is 2.68 bits per heavy atom. The van der Waals surface area contributed by atoms with Crippen molar-refractivity contribution in [2.45, 2.75) is 19.4 Å². The first-order valence-corrected chi connectivity index (χ1v) is 8.66. The molecule has 0 N–H and O–H groups in total. The van der Waals surface area contributed by atoms with E-state index in [1.807, 2.05) is 54.4 Å². The van der Waals surface area contributed by atoms with Gasteiger partial charge in [-0.2, -0.15) is 0 Å². The molecule has 5 heteroatoms. The van der Waals surface area contributed by atoms with Gasteiger partial charge in [0.2, 0.25) is 5.91 Å². The summed E-state index contributed by atoms with van der Waals surface area (Å²) >= 11 is 0. The molecule has 0 bridgehead atoms. The maximum absolute atomic E-state index is 13.1. The van der Waals surface area contributed by atoms with E-state index in [1.54, 1.807) is 13.3 Å². The lowest BCUT2D eigenvalue weighted by Crippen LogP contribution is -2.39. The lowest BCUT2D eigenvalue weighted by Gasteiger charge is -2.33. The van der Waals surface area contributed by atoms with Gasteiger partial charge in [0.25, 0.3) is 0 Å². The Morgan fingerprint density at radius 2 is 2.12 bits per heavy atom. The fraction of sp³-hybridized carbons (Fsp3) is 0.400. The highest BCUT2D eigenvalue weighted by atomic mass is 16.5. The Morgan fingerprint density at radius 1 is 1.32 bits per heavy atom. The average molecular weight is 340 g/mol. The minimum atomic E-state index is -0.169. The summed E-state index contributed by atoms with van der Waals surface area (Å²) in [6.07, 6.45) is 4.37. The van der Waals surface area contributed by atoms with E-state index in [0.717, 1.165) is 23.3 Å². The summed E-state index contributed by atoms with van der Waals surface area (Å²) in [7, 11) is 1.65. The number of ether oxygens (including phenoxy) is 2. The molecule has 2 aromatic rings. The number of rotatable bonds is 6. The van der Waals surface area contributed by atoms with E-state index in [9.17, 15) is 4.79 Å². The molecule has 1 saturated heterocycles. The van der Waals surface area contributed by atoms with Crippen molar-refractivity contribution in [3.05, 3.63) is 59.9 Å². The molecule has 2 heterocycles. The third kappa shape index (κ3) is 3.82. The first kappa shape index (κ1) is 17.4. The van der Waals surface area contributed by atoms with Crippen LogP contribution in [0.25, 0.3) is 0 Å².